The van der Waals surface area contributed by atoms with Crippen LogP contribution in [0.25, 0.3) is 0 Å². The zero-order valence-corrected chi connectivity index (χ0v) is 8.13. The molecule has 3 aliphatic rings. The maximum Gasteiger partial charge on any atom is 0.180 e. The number of carbonyl (C=O) groups excluding carboxylic acids is 1. The number of aromatic nitrogens is 2. The van der Waals surface area contributed by atoms with E-state index in [2.05, 4.69) is 10.2 Å². The average molecular weight is 188 g/mol. The molecule has 0 amide bonds. The molecule has 1 spiro atoms. The number of ketones is 1. The highest BCUT2D eigenvalue weighted by molar-refractivity contribution is 5.94. The zero-order chi connectivity index (χ0) is 9.50. The Morgan fingerprint density at radius 1 is 1.57 bits per heavy atom. The van der Waals surface area contributed by atoms with Crippen LogP contribution in [0.2, 0.25) is 0 Å². The number of Topliss-reactive ketones (excluding diaryl/α,β-unsaturated/α-hetero) is 1. The third-order valence-electron chi connectivity index (χ3n) is 4.45. The first-order chi connectivity index (χ1) is 6.74. The molecule has 72 valence electrons. The lowest BCUT2D eigenvalue weighted by molar-refractivity contribution is 0.101. The lowest BCUT2D eigenvalue weighted by Gasteiger charge is -1.99. The minimum absolute atomic E-state index is 0.105. The Balaban J connectivity index is 1.84. The summed E-state index contributed by atoms with van der Waals surface area (Å²) in [4.78, 5) is 11.3. The van der Waals surface area contributed by atoms with Crippen LogP contribution in [0.4, 0.5) is 0 Å². The van der Waals surface area contributed by atoms with Crippen LogP contribution < -0.4 is 0 Å². The lowest BCUT2D eigenvalue weighted by atomic mass is 10.0. The van der Waals surface area contributed by atoms with Crippen LogP contribution in [0.3, 0.4) is 0 Å². The summed E-state index contributed by atoms with van der Waals surface area (Å²) in [6.07, 6.45) is 3.90. The SMILES string of the molecule is CC(=O)c1n[nH]c2c1CC1C2C12CC2. The van der Waals surface area contributed by atoms with Gasteiger partial charge in [0.25, 0.3) is 0 Å². The first-order valence-electron chi connectivity index (χ1n) is 5.32. The topological polar surface area (TPSA) is 45.8 Å². The first-order valence-corrected chi connectivity index (χ1v) is 5.32. The maximum atomic E-state index is 11.3. The number of rotatable bonds is 1. The van der Waals surface area contributed by atoms with Crippen molar-refractivity contribution in [2.45, 2.75) is 32.1 Å². The summed E-state index contributed by atoms with van der Waals surface area (Å²) >= 11 is 0. The third kappa shape index (κ3) is 0.578. The highest BCUT2D eigenvalue weighted by Crippen LogP contribution is 2.82. The van der Waals surface area contributed by atoms with Gasteiger partial charge in [0.2, 0.25) is 0 Å². The van der Waals surface area contributed by atoms with Crippen LogP contribution in [0, 0.1) is 11.3 Å². The Bertz CT molecular complexity index is 456. The highest BCUT2D eigenvalue weighted by Gasteiger charge is 2.75. The Morgan fingerprint density at radius 3 is 3.00 bits per heavy atom. The van der Waals surface area contributed by atoms with E-state index < -0.39 is 0 Å². The van der Waals surface area contributed by atoms with Crippen LogP contribution in [0.1, 0.15) is 47.4 Å². The van der Waals surface area contributed by atoms with Gasteiger partial charge in [0, 0.05) is 24.1 Å². The van der Waals surface area contributed by atoms with Crippen LogP contribution in [0.15, 0.2) is 0 Å². The second-order valence-electron chi connectivity index (χ2n) is 5.04. The molecule has 1 N–H and O–H groups in total. The molecule has 1 aromatic heterocycles. The molecule has 0 saturated heterocycles. The molecule has 2 unspecified atom stereocenters. The van der Waals surface area contributed by atoms with Crippen LogP contribution >= 0.6 is 0 Å². The van der Waals surface area contributed by atoms with Gasteiger partial charge in [-0.15, -0.1) is 0 Å². The van der Waals surface area contributed by atoms with E-state index in [0.717, 1.165) is 18.3 Å². The number of fused-ring (bicyclic) bond motifs is 5. The maximum absolute atomic E-state index is 11.3. The molecule has 4 rings (SSSR count). The number of carbonyl (C=O) groups is 1. The highest BCUT2D eigenvalue weighted by atomic mass is 16.1. The van der Waals surface area contributed by atoms with Gasteiger partial charge in [-0.2, -0.15) is 5.10 Å². The smallest absolute Gasteiger partial charge is 0.180 e. The predicted molar refractivity (Wildman–Crippen MR) is 50.2 cm³/mol. The molecule has 2 atom stereocenters. The number of aromatic amines is 1. The number of nitrogens with one attached hydrogen (secondary N) is 1. The Kier molecular flexibility index (Phi) is 0.932. The summed E-state index contributed by atoms with van der Waals surface area (Å²) in [6, 6.07) is 0. The summed E-state index contributed by atoms with van der Waals surface area (Å²) in [5.74, 6) is 1.69. The predicted octanol–water partition coefficient (Wildman–Crippen LogP) is 1.66. The first kappa shape index (κ1) is 7.21. The normalized spacial score (nSPS) is 34.1. The fraction of sp³-hybridized carbons (Fsp3) is 0.636. The fourth-order valence-electron chi connectivity index (χ4n) is 3.57. The van der Waals surface area contributed by atoms with Crippen molar-refractivity contribution in [1.29, 1.82) is 0 Å². The molecule has 14 heavy (non-hydrogen) atoms. The Labute approximate surface area is 81.9 Å². The Hall–Kier alpha value is -1.12. The molecule has 2 saturated carbocycles. The average Bonchev–Trinajstić information content (AvgIpc) is 2.90. The monoisotopic (exact) mass is 188 g/mol. The molecule has 3 nitrogen and oxygen atoms in total. The molecule has 3 aliphatic carbocycles. The fourth-order valence-corrected chi connectivity index (χ4v) is 3.57. The molecule has 1 aromatic rings. The second-order valence-corrected chi connectivity index (χ2v) is 5.04. The van der Waals surface area contributed by atoms with Crippen LogP contribution in [-0.2, 0) is 6.42 Å². The number of hydrogen-bond acceptors (Lipinski definition) is 2. The van der Waals surface area contributed by atoms with E-state index in [1.807, 2.05) is 0 Å². The van der Waals surface area contributed by atoms with Gasteiger partial charge in [-0.3, -0.25) is 9.89 Å². The summed E-state index contributed by atoms with van der Waals surface area (Å²) in [5.41, 5.74) is 3.89. The molecule has 2 fully saturated rings. The van der Waals surface area contributed by atoms with Gasteiger partial charge < -0.3 is 0 Å². The zero-order valence-electron chi connectivity index (χ0n) is 8.13. The van der Waals surface area contributed by atoms with E-state index in [1.165, 1.54) is 24.1 Å². The summed E-state index contributed by atoms with van der Waals surface area (Å²) in [5, 5.41) is 7.22. The van der Waals surface area contributed by atoms with Gasteiger partial charge in [-0.1, -0.05) is 0 Å². The van der Waals surface area contributed by atoms with Gasteiger partial charge in [-0.25, -0.2) is 0 Å². The lowest BCUT2D eigenvalue weighted by Crippen LogP contribution is -1.99. The van der Waals surface area contributed by atoms with Crippen molar-refractivity contribution in [3.8, 4) is 0 Å². The largest absolute Gasteiger partial charge is 0.293 e. The Morgan fingerprint density at radius 2 is 2.36 bits per heavy atom. The van der Waals surface area contributed by atoms with Gasteiger partial charge in [-0.05, 0) is 30.6 Å². The molecule has 3 heteroatoms. The van der Waals surface area contributed by atoms with Crippen molar-refractivity contribution < 1.29 is 4.79 Å². The summed E-state index contributed by atoms with van der Waals surface area (Å²) in [7, 11) is 0. The van der Waals surface area contributed by atoms with Crippen molar-refractivity contribution >= 4 is 5.78 Å². The molecule has 0 aromatic carbocycles. The van der Waals surface area contributed by atoms with Crippen molar-refractivity contribution in [2.24, 2.45) is 11.3 Å². The molecular formula is C11H12N2O. The number of nitrogens with zero attached hydrogens (tertiary/aromatic N) is 1. The van der Waals surface area contributed by atoms with E-state index in [0.29, 0.717) is 11.1 Å². The van der Waals surface area contributed by atoms with E-state index in [9.17, 15) is 4.79 Å². The van der Waals surface area contributed by atoms with Gasteiger partial charge in [0.15, 0.2) is 5.78 Å². The third-order valence-corrected chi connectivity index (χ3v) is 4.45. The van der Waals surface area contributed by atoms with Crippen molar-refractivity contribution in [3.63, 3.8) is 0 Å². The standard InChI is InChI=1S/C11H12N2O/c1-5(14)9-6-4-7-8(10(6)13-12-9)11(7)2-3-11/h7-8H,2-4H2,1H3,(H,12,13). The second kappa shape index (κ2) is 1.81. The molecule has 0 bridgehead atoms. The number of hydrogen-bond donors (Lipinski definition) is 1. The van der Waals surface area contributed by atoms with E-state index in [1.54, 1.807) is 6.92 Å². The van der Waals surface area contributed by atoms with Crippen molar-refractivity contribution in [3.05, 3.63) is 17.0 Å². The quantitative estimate of drug-likeness (QED) is 0.681. The van der Waals surface area contributed by atoms with Crippen molar-refractivity contribution in [1.82, 2.24) is 10.2 Å². The van der Waals surface area contributed by atoms with E-state index in [4.69, 9.17) is 0 Å². The van der Waals surface area contributed by atoms with Crippen molar-refractivity contribution in [2.75, 3.05) is 0 Å². The van der Waals surface area contributed by atoms with Gasteiger partial charge in [0.1, 0.15) is 5.69 Å². The van der Waals surface area contributed by atoms with Crippen LogP contribution in [-0.4, -0.2) is 16.0 Å². The molecule has 0 radical (unpaired) electrons. The summed E-state index contributed by atoms with van der Waals surface area (Å²) in [6.45, 7) is 1.60. The summed E-state index contributed by atoms with van der Waals surface area (Å²) < 4.78 is 0. The molecular weight excluding hydrogens is 176 g/mol. The van der Waals surface area contributed by atoms with E-state index >= 15 is 0 Å². The molecule has 1 heterocycles. The molecule has 0 aliphatic heterocycles. The minimum Gasteiger partial charge on any atom is -0.293 e. The number of H-pyrrole nitrogens is 1. The van der Waals surface area contributed by atoms with Crippen LogP contribution in [0.5, 0.6) is 0 Å². The van der Waals surface area contributed by atoms with E-state index in [-0.39, 0.29) is 5.78 Å². The van der Waals surface area contributed by atoms with Gasteiger partial charge in [0.05, 0.1) is 0 Å². The minimum atomic E-state index is 0.105. The van der Waals surface area contributed by atoms with Gasteiger partial charge >= 0.3 is 0 Å².